The lowest BCUT2D eigenvalue weighted by Gasteiger charge is -2.31. The Hall–Kier alpha value is -7.95. The molecule has 2 heterocycles. The number of nitrogens with zero attached hydrogens (tertiary/aromatic N) is 4. The Morgan fingerprint density at radius 1 is 0.350 bits per heavy atom. The number of rotatable bonds is 4. The quantitative estimate of drug-likeness (QED) is 0.179. The molecule has 9 aromatic carbocycles. The molecule has 1 spiro atoms. The van der Waals surface area contributed by atoms with Crippen LogP contribution in [0.4, 0.5) is 0 Å². The molecular weight excluding hydrogens is 729 g/mol. The van der Waals surface area contributed by atoms with E-state index in [9.17, 15) is 0 Å². The van der Waals surface area contributed by atoms with E-state index in [-0.39, 0.29) is 0 Å². The Balaban J connectivity index is 1.12. The van der Waals surface area contributed by atoms with Gasteiger partial charge in [-0.25, -0.2) is 15.0 Å². The van der Waals surface area contributed by atoms with Crippen molar-refractivity contribution in [2.75, 3.05) is 0 Å². The molecule has 0 radical (unpaired) electrons. The van der Waals surface area contributed by atoms with Gasteiger partial charge in [0, 0.05) is 38.7 Å². The lowest BCUT2D eigenvalue weighted by atomic mass is 9.70. The maximum absolute atomic E-state index is 5.06. The molecule has 0 aliphatic heterocycles. The topological polar surface area (TPSA) is 43.6 Å². The van der Waals surface area contributed by atoms with Gasteiger partial charge in [0.1, 0.15) is 0 Å². The Morgan fingerprint density at radius 2 is 0.783 bits per heavy atom. The predicted molar refractivity (Wildman–Crippen MR) is 244 cm³/mol. The predicted octanol–water partition coefficient (Wildman–Crippen LogP) is 13.5. The fourth-order valence-electron chi connectivity index (χ4n) is 10.5. The van der Waals surface area contributed by atoms with Crippen LogP contribution in [-0.2, 0) is 5.41 Å². The molecule has 11 aromatic rings. The van der Waals surface area contributed by atoms with Crippen molar-refractivity contribution in [3.8, 4) is 62.1 Å². The molecule has 0 fully saturated rings. The first-order valence-corrected chi connectivity index (χ1v) is 20.5. The average molecular weight is 763 g/mol. The van der Waals surface area contributed by atoms with Crippen molar-refractivity contribution < 1.29 is 0 Å². The van der Waals surface area contributed by atoms with E-state index in [2.05, 4.69) is 150 Å². The summed E-state index contributed by atoms with van der Waals surface area (Å²) in [4.78, 5) is 15.1. The molecular formula is C56H34N4. The highest BCUT2D eigenvalue weighted by Gasteiger charge is 2.53. The second kappa shape index (κ2) is 12.5. The van der Waals surface area contributed by atoms with Gasteiger partial charge in [0.25, 0.3) is 0 Å². The number of hydrogen-bond acceptors (Lipinski definition) is 3. The van der Waals surface area contributed by atoms with E-state index in [0.29, 0.717) is 17.5 Å². The van der Waals surface area contributed by atoms with E-state index in [1.807, 2.05) is 60.7 Å². The molecule has 0 amide bonds. The third-order valence-corrected chi connectivity index (χ3v) is 12.8. The van der Waals surface area contributed by atoms with E-state index in [1.54, 1.807) is 0 Å². The maximum Gasteiger partial charge on any atom is 0.164 e. The summed E-state index contributed by atoms with van der Waals surface area (Å²) >= 11 is 0. The number of para-hydroxylation sites is 1. The number of benzene rings is 9. The van der Waals surface area contributed by atoms with Crippen molar-refractivity contribution in [1.29, 1.82) is 0 Å². The summed E-state index contributed by atoms with van der Waals surface area (Å²) in [5, 5.41) is 5.05. The lowest BCUT2D eigenvalue weighted by molar-refractivity contribution is 0.797. The van der Waals surface area contributed by atoms with Crippen LogP contribution in [0.2, 0.25) is 0 Å². The minimum atomic E-state index is -0.528. The highest BCUT2D eigenvalue weighted by molar-refractivity contribution is 6.27. The number of hydrogen-bond donors (Lipinski definition) is 0. The average Bonchev–Trinajstić information content (AvgIpc) is 3.95. The van der Waals surface area contributed by atoms with Gasteiger partial charge in [0.2, 0.25) is 0 Å². The molecule has 0 N–H and O–H groups in total. The van der Waals surface area contributed by atoms with Crippen molar-refractivity contribution in [3.05, 3.63) is 229 Å². The zero-order valence-electron chi connectivity index (χ0n) is 32.4. The molecule has 4 heteroatoms. The van der Waals surface area contributed by atoms with E-state index in [4.69, 9.17) is 15.0 Å². The summed E-state index contributed by atoms with van der Waals surface area (Å²) in [7, 11) is 0. The zero-order chi connectivity index (χ0) is 39.4. The van der Waals surface area contributed by atoms with Gasteiger partial charge in [-0.05, 0) is 80.0 Å². The first kappa shape index (κ1) is 33.1. The van der Waals surface area contributed by atoms with Crippen LogP contribution in [0.1, 0.15) is 22.3 Å². The zero-order valence-corrected chi connectivity index (χ0v) is 32.4. The van der Waals surface area contributed by atoms with E-state index >= 15 is 0 Å². The van der Waals surface area contributed by atoms with Crippen LogP contribution < -0.4 is 0 Å². The largest absolute Gasteiger partial charge is 0.309 e. The third kappa shape index (κ3) is 4.42. The SMILES string of the molecule is c1ccc(-c2nc(-c3ccccc3)nc(-c3ccc(-n4c5ccccc5c5c6ccccc6c6c(c54)C4(c5ccccc5-c5ccccc54)c4ccccc4-6)cc3)n2)cc1. The highest BCUT2D eigenvalue weighted by atomic mass is 15.0. The Kier molecular flexibility index (Phi) is 6.90. The van der Waals surface area contributed by atoms with Crippen LogP contribution in [-0.4, -0.2) is 19.5 Å². The van der Waals surface area contributed by atoms with Crippen molar-refractivity contribution >= 4 is 32.6 Å². The standard InChI is InChI=1S/C56H34N4/c1-3-17-35(18-4-1)53-57-54(36-19-5-2-6-20-36)59-55(58-53)37-31-33-38(34-32-37)60-48-30-16-12-26-44(48)50-42-24-8-7-23-41(42)49-43-25-11-15-29-47(43)56(51(49)52(50)60)45-27-13-9-21-39(45)40-22-10-14-28-46(40)56/h1-34H. The van der Waals surface area contributed by atoms with Crippen LogP contribution >= 0.6 is 0 Å². The normalized spacial score (nSPS) is 13.1. The van der Waals surface area contributed by atoms with Gasteiger partial charge in [-0.2, -0.15) is 0 Å². The minimum absolute atomic E-state index is 0.528. The number of aromatic nitrogens is 4. The second-order valence-corrected chi connectivity index (χ2v) is 15.8. The molecule has 2 aliphatic carbocycles. The summed E-state index contributed by atoms with van der Waals surface area (Å²) in [5.74, 6) is 1.93. The minimum Gasteiger partial charge on any atom is -0.309 e. The van der Waals surface area contributed by atoms with Gasteiger partial charge in [-0.1, -0.05) is 176 Å². The van der Waals surface area contributed by atoms with Crippen molar-refractivity contribution in [2.24, 2.45) is 0 Å². The Morgan fingerprint density at radius 3 is 1.37 bits per heavy atom. The molecule has 278 valence electrons. The van der Waals surface area contributed by atoms with Crippen LogP contribution in [0.25, 0.3) is 94.7 Å². The molecule has 4 nitrogen and oxygen atoms in total. The molecule has 0 atom stereocenters. The Labute approximate surface area is 346 Å². The van der Waals surface area contributed by atoms with Crippen LogP contribution in [0, 0.1) is 0 Å². The van der Waals surface area contributed by atoms with E-state index < -0.39 is 5.41 Å². The smallest absolute Gasteiger partial charge is 0.164 e. The van der Waals surface area contributed by atoms with E-state index in [1.165, 1.54) is 77.1 Å². The van der Waals surface area contributed by atoms with Crippen molar-refractivity contribution in [2.45, 2.75) is 5.41 Å². The van der Waals surface area contributed by atoms with Gasteiger partial charge in [-0.3, -0.25) is 0 Å². The van der Waals surface area contributed by atoms with Crippen molar-refractivity contribution in [1.82, 2.24) is 19.5 Å². The summed E-state index contributed by atoms with van der Waals surface area (Å²) < 4.78 is 2.52. The molecule has 0 bridgehead atoms. The fraction of sp³-hybridized carbons (Fsp3) is 0.0179. The van der Waals surface area contributed by atoms with Gasteiger partial charge in [0.15, 0.2) is 17.5 Å². The monoisotopic (exact) mass is 762 g/mol. The Bertz CT molecular complexity index is 3430. The summed E-state index contributed by atoms with van der Waals surface area (Å²) in [6.07, 6.45) is 0. The highest BCUT2D eigenvalue weighted by Crippen LogP contribution is 2.66. The second-order valence-electron chi connectivity index (χ2n) is 15.8. The lowest BCUT2D eigenvalue weighted by Crippen LogP contribution is -2.26. The molecule has 0 saturated heterocycles. The molecule has 13 rings (SSSR count). The molecule has 60 heavy (non-hydrogen) atoms. The van der Waals surface area contributed by atoms with E-state index in [0.717, 1.165) is 22.4 Å². The molecule has 2 aliphatic rings. The van der Waals surface area contributed by atoms with Gasteiger partial charge < -0.3 is 4.57 Å². The maximum atomic E-state index is 5.06. The summed E-state index contributed by atoms with van der Waals surface area (Å²) in [6.45, 7) is 0. The summed E-state index contributed by atoms with van der Waals surface area (Å²) in [6, 6.07) is 74.4. The van der Waals surface area contributed by atoms with Crippen LogP contribution in [0.3, 0.4) is 0 Å². The van der Waals surface area contributed by atoms with Crippen molar-refractivity contribution in [3.63, 3.8) is 0 Å². The molecule has 0 unspecified atom stereocenters. The van der Waals surface area contributed by atoms with Gasteiger partial charge in [0.05, 0.1) is 16.4 Å². The fourth-order valence-corrected chi connectivity index (χ4v) is 10.5. The van der Waals surface area contributed by atoms with Gasteiger partial charge >= 0.3 is 0 Å². The first-order valence-electron chi connectivity index (χ1n) is 20.5. The third-order valence-electron chi connectivity index (χ3n) is 12.8. The van der Waals surface area contributed by atoms with Crippen LogP contribution in [0.15, 0.2) is 206 Å². The summed E-state index contributed by atoms with van der Waals surface area (Å²) in [5.41, 5.74) is 16.3. The van der Waals surface area contributed by atoms with Gasteiger partial charge in [-0.15, -0.1) is 0 Å². The molecule has 0 saturated carbocycles. The molecule has 2 aromatic heterocycles. The van der Waals surface area contributed by atoms with Crippen LogP contribution in [0.5, 0.6) is 0 Å². The first-order chi connectivity index (χ1) is 29.8. The number of fused-ring (bicyclic) bond motifs is 17.